The number of benzene rings is 1. The van der Waals surface area contributed by atoms with Crippen LogP contribution in [0.15, 0.2) is 27.8 Å². The second-order valence-corrected chi connectivity index (χ2v) is 5.14. The van der Waals surface area contributed by atoms with Crippen molar-refractivity contribution >= 4 is 23.3 Å². The molecular formula is C15H16N4O5. The third-order valence-electron chi connectivity index (χ3n) is 3.17. The van der Waals surface area contributed by atoms with Gasteiger partial charge in [0.05, 0.1) is 0 Å². The van der Waals surface area contributed by atoms with Crippen LogP contribution in [0.4, 0.5) is 11.4 Å². The van der Waals surface area contributed by atoms with Crippen LogP contribution in [-0.4, -0.2) is 28.5 Å². The Morgan fingerprint density at radius 3 is 2.58 bits per heavy atom. The number of rotatable bonds is 4. The molecular weight excluding hydrogens is 316 g/mol. The number of anilines is 2. The van der Waals surface area contributed by atoms with Crippen LogP contribution in [0.3, 0.4) is 0 Å². The summed E-state index contributed by atoms with van der Waals surface area (Å²) >= 11 is 0. The monoisotopic (exact) mass is 332 g/mol. The third kappa shape index (κ3) is 3.88. The van der Waals surface area contributed by atoms with Crippen LogP contribution in [0.1, 0.15) is 21.6 Å². The van der Waals surface area contributed by atoms with Crippen molar-refractivity contribution in [1.29, 1.82) is 0 Å². The van der Waals surface area contributed by atoms with Gasteiger partial charge in [0.15, 0.2) is 12.3 Å². The van der Waals surface area contributed by atoms with Gasteiger partial charge in [-0.2, -0.15) is 0 Å². The molecule has 0 aliphatic heterocycles. The number of carbonyl (C=O) groups excluding carboxylic acids is 2. The lowest BCUT2D eigenvalue weighted by atomic mass is 10.1. The van der Waals surface area contributed by atoms with E-state index in [2.05, 4.69) is 10.3 Å². The molecule has 0 saturated carbocycles. The molecule has 126 valence electrons. The van der Waals surface area contributed by atoms with Gasteiger partial charge in [0.1, 0.15) is 5.69 Å². The number of nitrogens with one attached hydrogen (secondary N) is 3. The highest BCUT2D eigenvalue weighted by molar-refractivity contribution is 5.97. The summed E-state index contributed by atoms with van der Waals surface area (Å²) in [4.78, 5) is 50.1. The molecule has 24 heavy (non-hydrogen) atoms. The highest BCUT2D eigenvalue weighted by Crippen LogP contribution is 2.15. The van der Waals surface area contributed by atoms with E-state index in [4.69, 9.17) is 10.5 Å². The first-order chi connectivity index (χ1) is 11.3. The van der Waals surface area contributed by atoms with Crippen molar-refractivity contribution in [2.24, 2.45) is 0 Å². The lowest BCUT2D eigenvalue weighted by Gasteiger charge is -2.10. The van der Waals surface area contributed by atoms with Gasteiger partial charge in [-0.25, -0.2) is 9.59 Å². The van der Waals surface area contributed by atoms with Crippen molar-refractivity contribution in [2.45, 2.75) is 13.8 Å². The fourth-order valence-electron chi connectivity index (χ4n) is 2.00. The summed E-state index contributed by atoms with van der Waals surface area (Å²) in [5, 5.41) is 2.59. The van der Waals surface area contributed by atoms with Crippen LogP contribution >= 0.6 is 0 Å². The van der Waals surface area contributed by atoms with E-state index >= 15 is 0 Å². The topological polar surface area (TPSA) is 147 Å². The fraction of sp³-hybridized carbons (Fsp3) is 0.200. The van der Waals surface area contributed by atoms with Crippen molar-refractivity contribution in [3.8, 4) is 0 Å². The van der Waals surface area contributed by atoms with Crippen LogP contribution in [-0.2, 0) is 9.53 Å². The molecule has 0 unspecified atom stereocenters. The number of H-pyrrole nitrogens is 2. The number of carbonyl (C=O) groups is 2. The molecule has 2 rings (SSSR count). The van der Waals surface area contributed by atoms with Gasteiger partial charge in [-0.3, -0.25) is 19.6 Å². The number of aromatic amines is 2. The summed E-state index contributed by atoms with van der Waals surface area (Å²) in [6.45, 7) is 3.16. The molecule has 5 N–H and O–H groups in total. The second kappa shape index (κ2) is 6.82. The Morgan fingerprint density at radius 2 is 1.92 bits per heavy atom. The number of hydrogen-bond donors (Lipinski definition) is 4. The SMILES string of the molecule is Cc1ccc(NC(=O)COC(=O)c2[nH]c(=O)[nH]c(=O)c2N)c(C)c1. The van der Waals surface area contributed by atoms with Gasteiger partial charge in [0, 0.05) is 5.69 Å². The minimum atomic E-state index is -1.08. The standard InChI is InChI=1S/C15H16N4O5/c1-7-3-4-9(8(2)5-7)17-10(20)6-24-14(22)12-11(16)13(21)19-15(23)18-12/h3-5H,6,16H2,1-2H3,(H,17,20)(H2,18,19,21,23). The molecule has 2 aromatic rings. The molecule has 1 aromatic carbocycles. The largest absolute Gasteiger partial charge is 0.451 e. The van der Waals surface area contributed by atoms with Crippen LogP contribution < -0.4 is 22.3 Å². The van der Waals surface area contributed by atoms with Crippen molar-refractivity contribution in [1.82, 2.24) is 9.97 Å². The van der Waals surface area contributed by atoms with E-state index in [9.17, 15) is 19.2 Å². The molecule has 9 heteroatoms. The summed E-state index contributed by atoms with van der Waals surface area (Å²) in [5.74, 6) is -1.65. The van der Waals surface area contributed by atoms with Crippen molar-refractivity contribution < 1.29 is 14.3 Å². The maximum atomic E-state index is 11.8. The number of aryl methyl sites for hydroxylation is 2. The lowest BCUT2D eigenvalue weighted by molar-refractivity contribution is -0.119. The highest BCUT2D eigenvalue weighted by atomic mass is 16.5. The van der Waals surface area contributed by atoms with Crippen LogP contribution in [0.5, 0.6) is 0 Å². The first kappa shape index (κ1) is 17.0. The number of amides is 1. The zero-order valence-electron chi connectivity index (χ0n) is 13.1. The van der Waals surface area contributed by atoms with Gasteiger partial charge >= 0.3 is 11.7 Å². The van der Waals surface area contributed by atoms with E-state index in [1.807, 2.05) is 31.0 Å². The summed E-state index contributed by atoms with van der Waals surface area (Å²) < 4.78 is 4.76. The van der Waals surface area contributed by atoms with Crippen LogP contribution in [0.25, 0.3) is 0 Å². The maximum Gasteiger partial charge on any atom is 0.357 e. The summed E-state index contributed by atoms with van der Waals surface area (Å²) in [5.41, 5.74) is 5.09. The predicted octanol–water partition coefficient (Wildman–Crippen LogP) is 0.0577. The van der Waals surface area contributed by atoms with Crippen molar-refractivity contribution in [2.75, 3.05) is 17.7 Å². The Morgan fingerprint density at radius 1 is 1.21 bits per heavy atom. The second-order valence-electron chi connectivity index (χ2n) is 5.14. The van der Waals surface area contributed by atoms with E-state index in [1.54, 1.807) is 6.07 Å². The Balaban J connectivity index is 2.03. The molecule has 0 radical (unpaired) electrons. The number of hydrogen-bond acceptors (Lipinski definition) is 6. The summed E-state index contributed by atoms with van der Waals surface area (Å²) in [6.07, 6.45) is 0. The normalized spacial score (nSPS) is 10.2. The quantitative estimate of drug-likeness (QED) is 0.582. The van der Waals surface area contributed by atoms with Crippen LogP contribution in [0.2, 0.25) is 0 Å². The van der Waals surface area contributed by atoms with Gasteiger partial charge in [0.2, 0.25) is 0 Å². The zero-order valence-corrected chi connectivity index (χ0v) is 13.1. The van der Waals surface area contributed by atoms with Crippen molar-refractivity contribution in [3.63, 3.8) is 0 Å². The highest BCUT2D eigenvalue weighted by Gasteiger charge is 2.17. The van der Waals surface area contributed by atoms with E-state index in [-0.39, 0.29) is 0 Å². The molecule has 1 aromatic heterocycles. The van der Waals surface area contributed by atoms with Gasteiger partial charge in [0.25, 0.3) is 11.5 Å². The molecule has 1 heterocycles. The molecule has 0 fully saturated rings. The predicted molar refractivity (Wildman–Crippen MR) is 86.9 cm³/mol. The Bertz CT molecular complexity index is 913. The Kier molecular flexibility index (Phi) is 4.83. The Hall–Kier alpha value is -3.36. The number of nitrogen functional groups attached to an aromatic ring is 1. The van der Waals surface area contributed by atoms with E-state index in [0.717, 1.165) is 11.1 Å². The lowest BCUT2D eigenvalue weighted by Crippen LogP contribution is -2.30. The summed E-state index contributed by atoms with van der Waals surface area (Å²) in [6, 6.07) is 5.45. The first-order valence-corrected chi connectivity index (χ1v) is 6.94. The fourth-order valence-corrected chi connectivity index (χ4v) is 2.00. The smallest absolute Gasteiger partial charge is 0.357 e. The molecule has 1 amide bonds. The number of esters is 1. The van der Waals surface area contributed by atoms with Crippen LogP contribution in [0, 0.1) is 13.8 Å². The maximum absolute atomic E-state index is 11.8. The molecule has 0 bridgehead atoms. The van der Waals surface area contributed by atoms with Gasteiger partial charge in [-0.15, -0.1) is 0 Å². The molecule has 0 saturated heterocycles. The average Bonchev–Trinajstić information content (AvgIpc) is 2.51. The summed E-state index contributed by atoms with van der Waals surface area (Å²) in [7, 11) is 0. The van der Waals surface area contributed by atoms with Gasteiger partial charge < -0.3 is 15.8 Å². The van der Waals surface area contributed by atoms with E-state index < -0.39 is 41.1 Å². The minimum absolute atomic E-state index is 0.491. The molecule has 0 aliphatic carbocycles. The zero-order chi connectivity index (χ0) is 17.9. The number of aromatic nitrogens is 2. The van der Waals surface area contributed by atoms with E-state index in [0.29, 0.717) is 5.69 Å². The minimum Gasteiger partial charge on any atom is -0.451 e. The van der Waals surface area contributed by atoms with E-state index in [1.165, 1.54) is 0 Å². The molecule has 0 atom stereocenters. The third-order valence-corrected chi connectivity index (χ3v) is 3.17. The number of ether oxygens (including phenoxy) is 1. The first-order valence-electron chi connectivity index (χ1n) is 6.94. The Labute approximate surface area is 135 Å². The average molecular weight is 332 g/mol. The van der Waals surface area contributed by atoms with Gasteiger partial charge in [-0.1, -0.05) is 17.7 Å². The molecule has 0 aliphatic rings. The van der Waals surface area contributed by atoms with Gasteiger partial charge in [-0.05, 0) is 25.5 Å². The molecule has 9 nitrogen and oxygen atoms in total. The molecule has 0 spiro atoms. The van der Waals surface area contributed by atoms with Crippen molar-refractivity contribution in [3.05, 3.63) is 55.9 Å². The number of nitrogens with two attached hydrogens (primary N) is 1.